The van der Waals surface area contributed by atoms with Crippen molar-refractivity contribution in [3.05, 3.63) is 29.8 Å². The summed E-state index contributed by atoms with van der Waals surface area (Å²) in [5, 5.41) is 9.17. The number of hydrogen-bond acceptors (Lipinski definition) is 2. The second-order valence-electron chi connectivity index (χ2n) is 5.86. The molecule has 0 radical (unpaired) electrons. The Kier molecular flexibility index (Phi) is 5.40. The highest BCUT2D eigenvalue weighted by atomic mass is 16.5. The predicted molar refractivity (Wildman–Crippen MR) is 76.7 cm³/mol. The molecule has 1 N–H and O–H groups in total. The van der Waals surface area contributed by atoms with Crippen molar-refractivity contribution >= 4 is 5.97 Å². The van der Waals surface area contributed by atoms with Gasteiger partial charge in [-0.25, -0.2) is 4.79 Å². The van der Waals surface area contributed by atoms with Crippen LogP contribution in [-0.2, 0) is 10.2 Å². The first-order chi connectivity index (χ1) is 8.84. The minimum atomic E-state index is -0.894. The molecule has 0 saturated heterocycles. The van der Waals surface area contributed by atoms with Crippen LogP contribution >= 0.6 is 0 Å². The van der Waals surface area contributed by atoms with Gasteiger partial charge in [0.2, 0.25) is 0 Å². The zero-order valence-corrected chi connectivity index (χ0v) is 12.3. The molecule has 1 atom stereocenters. The summed E-state index contributed by atoms with van der Waals surface area (Å²) in [5.74, 6) is -0.259. The number of carboxylic acid groups (broad SMARTS) is 1. The van der Waals surface area contributed by atoms with E-state index in [4.69, 9.17) is 9.84 Å². The van der Waals surface area contributed by atoms with E-state index in [-0.39, 0.29) is 5.41 Å². The summed E-state index contributed by atoms with van der Waals surface area (Å²) < 4.78 is 5.61. The van der Waals surface area contributed by atoms with Crippen molar-refractivity contribution in [2.45, 2.75) is 58.5 Å². The lowest BCUT2D eigenvalue weighted by atomic mass is 9.87. The molecule has 0 fully saturated rings. The summed E-state index contributed by atoms with van der Waals surface area (Å²) in [5.41, 5.74) is 1.17. The zero-order chi connectivity index (χ0) is 14.5. The Hall–Kier alpha value is -1.51. The van der Waals surface area contributed by atoms with E-state index in [2.05, 4.69) is 20.8 Å². The Labute approximate surface area is 115 Å². The van der Waals surface area contributed by atoms with Crippen LogP contribution in [0.1, 0.15) is 52.5 Å². The number of hydrogen-bond donors (Lipinski definition) is 1. The smallest absolute Gasteiger partial charge is 0.344 e. The Morgan fingerprint density at radius 3 is 2.58 bits per heavy atom. The molecule has 0 aromatic heterocycles. The highest BCUT2D eigenvalue weighted by Gasteiger charge is 2.20. The van der Waals surface area contributed by atoms with Gasteiger partial charge >= 0.3 is 5.97 Å². The zero-order valence-electron chi connectivity index (χ0n) is 12.3. The molecule has 0 aliphatic heterocycles. The number of carbonyl (C=O) groups is 1. The first-order valence-corrected chi connectivity index (χ1v) is 6.84. The van der Waals surface area contributed by atoms with Gasteiger partial charge < -0.3 is 9.84 Å². The van der Waals surface area contributed by atoms with Gasteiger partial charge in [-0.2, -0.15) is 0 Å². The van der Waals surface area contributed by atoms with Gasteiger partial charge in [-0.05, 0) is 36.0 Å². The Morgan fingerprint density at radius 1 is 1.37 bits per heavy atom. The molecule has 1 aromatic carbocycles. The van der Waals surface area contributed by atoms with Crippen LogP contribution in [0.15, 0.2) is 24.3 Å². The largest absolute Gasteiger partial charge is 0.479 e. The van der Waals surface area contributed by atoms with E-state index in [9.17, 15) is 4.79 Å². The average Bonchev–Trinajstić information content (AvgIpc) is 2.33. The second kappa shape index (κ2) is 6.60. The van der Waals surface area contributed by atoms with Crippen molar-refractivity contribution in [1.29, 1.82) is 0 Å². The summed E-state index contributed by atoms with van der Waals surface area (Å²) in [6.45, 7) is 8.41. The third kappa shape index (κ3) is 4.93. The van der Waals surface area contributed by atoms with Crippen LogP contribution < -0.4 is 4.74 Å². The summed E-state index contributed by atoms with van der Waals surface area (Å²) in [4.78, 5) is 11.2. The maximum Gasteiger partial charge on any atom is 0.344 e. The number of unbranched alkanes of at least 4 members (excludes halogenated alkanes) is 1. The van der Waals surface area contributed by atoms with Crippen LogP contribution in [-0.4, -0.2) is 17.2 Å². The van der Waals surface area contributed by atoms with Crippen LogP contribution in [0.3, 0.4) is 0 Å². The van der Waals surface area contributed by atoms with E-state index in [0.717, 1.165) is 18.4 Å². The topological polar surface area (TPSA) is 46.5 Å². The third-order valence-electron chi connectivity index (χ3n) is 3.07. The van der Waals surface area contributed by atoms with E-state index in [1.165, 1.54) is 0 Å². The summed E-state index contributed by atoms with van der Waals surface area (Å²) in [7, 11) is 0. The molecule has 0 amide bonds. The minimum absolute atomic E-state index is 0.0293. The normalized spacial score (nSPS) is 13.1. The Morgan fingerprint density at radius 2 is 2.05 bits per heavy atom. The van der Waals surface area contributed by atoms with Gasteiger partial charge in [0.1, 0.15) is 5.75 Å². The molecule has 0 spiro atoms. The summed E-state index contributed by atoms with van der Waals surface area (Å²) in [6, 6.07) is 7.70. The van der Waals surface area contributed by atoms with Crippen molar-refractivity contribution in [1.82, 2.24) is 0 Å². The standard InChI is InChI=1S/C16H24O3/c1-5-6-10-14(15(17)18)19-13-9-7-8-12(11-13)16(2,3)4/h7-9,11,14H,5-6,10H2,1-4H3,(H,17,18). The SMILES string of the molecule is CCCCC(Oc1cccc(C(C)(C)C)c1)C(=O)O. The molecule has 106 valence electrons. The molecule has 3 nitrogen and oxygen atoms in total. The molecule has 0 heterocycles. The lowest BCUT2D eigenvalue weighted by Crippen LogP contribution is -2.27. The molecule has 0 bridgehead atoms. The van der Waals surface area contributed by atoms with E-state index in [1.54, 1.807) is 0 Å². The number of aliphatic carboxylic acids is 1. The van der Waals surface area contributed by atoms with Crippen LogP contribution in [0.25, 0.3) is 0 Å². The molecule has 0 aliphatic carbocycles. The number of ether oxygens (including phenoxy) is 1. The Bertz CT molecular complexity index is 418. The fourth-order valence-electron chi connectivity index (χ4n) is 1.82. The number of carboxylic acids is 1. The molecule has 19 heavy (non-hydrogen) atoms. The highest BCUT2D eigenvalue weighted by molar-refractivity contribution is 5.72. The van der Waals surface area contributed by atoms with Gasteiger partial charge in [0, 0.05) is 0 Å². The molecular formula is C16H24O3. The molecule has 0 aliphatic rings. The third-order valence-corrected chi connectivity index (χ3v) is 3.07. The first kappa shape index (κ1) is 15.5. The van der Waals surface area contributed by atoms with Crippen molar-refractivity contribution < 1.29 is 14.6 Å². The maximum atomic E-state index is 11.2. The van der Waals surface area contributed by atoms with E-state index in [1.807, 2.05) is 31.2 Å². The average molecular weight is 264 g/mol. The van der Waals surface area contributed by atoms with Gasteiger partial charge in [0.15, 0.2) is 6.10 Å². The van der Waals surface area contributed by atoms with Crippen LogP contribution in [0.5, 0.6) is 5.75 Å². The molecule has 1 unspecified atom stereocenters. The van der Waals surface area contributed by atoms with Gasteiger partial charge in [-0.15, -0.1) is 0 Å². The first-order valence-electron chi connectivity index (χ1n) is 6.84. The van der Waals surface area contributed by atoms with Crippen LogP contribution in [0.2, 0.25) is 0 Å². The molecule has 0 saturated carbocycles. The van der Waals surface area contributed by atoms with E-state index in [0.29, 0.717) is 12.2 Å². The summed E-state index contributed by atoms with van der Waals surface area (Å²) in [6.07, 6.45) is 1.62. The quantitative estimate of drug-likeness (QED) is 0.844. The molecular weight excluding hydrogens is 240 g/mol. The maximum absolute atomic E-state index is 11.2. The van der Waals surface area contributed by atoms with Gasteiger partial charge in [-0.1, -0.05) is 46.2 Å². The highest BCUT2D eigenvalue weighted by Crippen LogP contribution is 2.26. The second-order valence-corrected chi connectivity index (χ2v) is 5.86. The Balaban J connectivity index is 2.82. The van der Waals surface area contributed by atoms with Crippen LogP contribution in [0, 0.1) is 0 Å². The van der Waals surface area contributed by atoms with Crippen molar-refractivity contribution in [2.75, 3.05) is 0 Å². The molecule has 1 rings (SSSR count). The monoisotopic (exact) mass is 264 g/mol. The fourth-order valence-corrected chi connectivity index (χ4v) is 1.82. The molecule has 3 heteroatoms. The summed E-state index contributed by atoms with van der Waals surface area (Å²) >= 11 is 0. The fraction of sp³-hybridized carbons (Fsp3) is 0.562. The van der Waals surface area contributed by atoms with Crippen molar-refractivity contribution in [3.63, 3.8) is 0 Å². The predicted octanol–water partition coefficient (Wildman–Crippen LogP) is 4.01. The van der Waals surface area contributed by atoms with Gasteiger partial charge in [0.25, 0.3) is 0 Å². The number of benzene rings is 1. The van der Waals surface area contributed by atoms with Gasteiger partial charge in [0.05, 0.1) is 0 Å². The molecule has 1 aromatic rings. The van der Waals surface area contributed by atoms with E-state index < -0.39 is 12.1 Å². The van der Waals surface area contributed by atoms with E-state index >= 15 is 0 Å². The van der Waals surface area contributed by atoms with Crippen molar-refractivity contribution in [3.8, 4) is 5.75 Å². The minimum Gasteiger partial charge on any atom is -0.479 e. The van der Waals surface area contributed by atoms with Crippen molar-refractivity contribution in [2.24, 2.45) is 0 Å². The van der Waals surface area contributed by atoms with Gasteiger partial charge in [-0.3, -0.25) is 0 Å². The van der Waals surface area contributed by atoms with Crippen LogP contribution in [0.4, 0.5) is 0 Å². The number of rotatable bonds is 6. The lowest BCUT2D eigenvalue weighted by Gasteiger charge is -2.21. The lowest BCUT2D eigenvalue weighted by molar-refractivity contribution is -0.145.